The molecule has 0 saturated carbocycles. The molecule has 3 rings (SSSR count). The molecular formula is C17H12BrN3O6. The molecule has 9 nitrogen and oxygen atoms in total. The monoisotopic (exact) mass is 433 g/mol. The number of nitro benzene ring substituents is 1. The molecule has 2 aromatic carbocycles. The van der Waals surface area contributed by atoms with Gasteiger partial charge in [-0.2, -0.15) is 0 Å². The summed E-state index contributed by atoms with van der Waals surface area (Å²) in [7, 11) is 1.21. The highest BCUT2D eigenvalue weighted by Crippen LogP contribution is 2.29. The molecule has 0 amide bonds. The van der Waals surface area contributed by atoms with E-state index in [-0.39, 0.29) is 29.5 Å². The minimum atomic E-state index is -0.634. The van der Waals surface area contributed by atoms with Gasteiger partial charge >= 0.3 is 11.7 Å². The van der Waals surface area contributed by atoms with Crippen LogP contribution in [-0.2, 0) is 11.3 Å². The Labute approximate surface area is 161 Å². The number of aromatic nitrogens is 2. The fourth-order valence-electron chi connectivity index (χ4n) is 2.19. The van der Waals surface area contributed by atoms with Crippen molar-refractivity contribution < 1.29 is 23.6 Å². The van der Waals surface area contributed by atoms with E-state index in [4.69, 9.17) is 9.15 Å². The number of carbonyl (C=O) groups excluding carboxylic acids is 1. The third-order valence-electron chi connectivity index (χ3n) is 3.49. The predicted octanol–water partition coefficient (Wildman–Crippen LogP) is 3.77. The SMILES string of the molecule is COC(=O)c1ccc([N+](=O)[O-])c(OCc2nnc(-c3ccc(Br)cc3)o2)c1. The smallest absolute Gasteiger partial charge is 0.337 e. The van der Waals surface area contributed by atoms with Gasteiger partial charge in [-0.3, -0.25) is 10.1 Å². The molecule has 0 aliphatic rings. The van der Waals surface area contributed by atoms with Crippen molar-refractivity contribution in [2.75, 3.05) is 7.11 Å². The van der Waals surface area contributed by atoms with Gasteiger partial charge in [0.05, 0.1) is 17.6 Å². The Bertz CT molecular complexity index is 987. The average Bonchev–Trinajstić information content (AvgIpc) is 3.15. The van der Waals surface area contributed by atoms with Gasteiger partial charge in [0.2, 0.25) is 5.89 Å². The summed E-state index contributed by atoms with van der Waals surface area (Å²) in [5, 5.41) is 18.9. The van der Waals surface area contributed by atoms with Crippen LogP contribution in [0.4, 0.5) is 5.69 Å². The van der Waals surface area contributed by atoms with E-state index in [9.17, 15) is 14.9 Å². The minimum absolute atomic E-state index is 0.105. The molecule has 0 aliphatic heterocycles. The second-order valence-electron chi connectivity index (χ2n) is 5.23. The van der Waals surface area contributed by atoms with Crippen molar-refractivity contribution >= 4 is 27.6 Å². The van der Waals surface area contributed by atoms with Crippen LogP contribution in [0.2, 0.25) is 0 Å². The van der Waals surface area contributed by atoms with Gasteiger partial charge in [-0.15, -0.1) is 10.2 Å². The van der Waals surface area contributed by atoms with Crippen LogP contribution in [0.25, 0.3) is 11.5 Å². The predicted molar refractivity (Wildman–Crippen MR) is 96.2 cm³/mol. The van der Waals surface area contributed by atoms with Crippen LogP contribution < -0.4 is 4.74 Å². The third-order valence-corrected chi connectivity index (χ3v) is 4.02. The number of rotatable bonds is 6. The van der Waals surface area contributed by atoms with Crippen LogP contribution in [0.5, 0.6) is 5.75 Å². The number of hydrogen-bond acceptors (Lipinski definition) is 8. The van der Waals surface area contributed by atoms with Crippen LogP contribution in [0.1, 0.15) is 16.2 Å². The number of ether oxygens (including phenoxy) is 2. The van der Waals surface area contributed by atoms with Crippen molar-refractivity contribution in [2.24, 2.45) is 0 Å². The van der Waals surface area contributed by atoms with Crippen LogP contribution in [0, 0.1) is 10.1 Å². The molecule has 10 heteroatoms. The zero-order valence-corrected chi connectivity index (χ0v) is 15.5. The summed E-state index contributed by atoms with van der Waals surface area (Å²) >= 11 is 3.34. The lowest BCUT2D eigenvalue weighted by Gasteiger charge is -2.06. The van der Waals surface area contributed by atoms with Crippen molar-refractivity contribution in [3.8, 4) is 17.2 Å². The highest BCUT2D eigenvalue weighted by Gasteiger charge is 2.19. The number of hydrogen-bond donors (Lipinski definition) is 0. The number of nitrogens with zero attached hydrogens (tertiary/aromatic N) is 3. The van der Waals surface area contributed by atoms with Crippen molar-refractivity contribution in [3.63, 3.8) is 0 Å². The number of nitro groups is 1. The molecule has 0 radical (unpaired) electrons. The van der Waals surface area contributed by atoms with E-state index in [1.807, 2.05) is 12.1 Å². The third kappa shape index (κ3) is 4.29. The fourth-order valence-corrected chi connectivity index (χ4v) is 2.45. The Morgan fingerprint density at radius 3 is 2.63 bits per heavy atom. The quantitative estimate of drug-likeness (QED) is 0.327. The summed E-state index contributed by atoms with van der Waals surface area (Å²) in [4.78, 5) is 22.2. The lowest BCUT2D eigenvalue weighted by atomic mass is 10.2. The molecule has 3 aromatic rings. The number of methoxy groups -OCH3 is 1. The molecule has 0 spiro atoms. The average molecular weight is 434 g/mol. The summed E-state index contributed by atoms with van der Waals surface area (Å²) in [5.74, 6) is -0.319. The van der Waals surface area contributed by atoms with E-state index in [1.54, 1.807) is 12.1 Å². The van der Waals surface area contributed by atoms with Crippen molar-refractivity contribution in [3.05, 3.63) is 68.5 Å². The van der Waals surface area contributed by atoms with Crippen molar-refractivity contribution in [2.45, 2.75) is 6.61 Å². The molecule has 0 fully saturated rings. The molecule has 0 aliphatic carbocycles. The number of halogens is 1. The first-order valence-electron chi connectivity index (χ1n) is 7.56. The molecule has 0 N–H and O–H groups in total. The van der Waals surface area contributed by atoms with E-state index in [1.165, 1.54) is 25.3 Å². The van der Waals surface area contributed by atoms with E-state index in [0.29, 0.717) is 5.89 Å². The summed E-state index contributed by atoms with van der Waals surface area (Å²) in [6.45, 7) is -0.199. The molecular weight excluding hydrogens is 422 g/mol. The zero-order valence-electron chi connectivity index (χ0n) is 13.9. The molecule has 1 aromatic heterocycles. The molecule has 1 heterocycles. The first kappa shape index (κ1) is 18.5. The number of benzene rings is 2. The second-order valence-corrected chi connectivity index (χ2v) is 6.14. The normalized spacial score (nSPS) is 10.4. The summed E-state index contributed by atoms with van der Waals surface area (Å²) in [5.41, 5.74) is 0.546. The van der Waals surface area contributed by atoms with Gasteiger partial charge in [0.25, 0.3) is 5.89 Å². The highest BCUT2D eigenvalue weighted by atomic mass is 79.9. The van der Waals surface area contributed by atoms with Gasteiger partial charge < -0.3 is 13.9 Å². The molecule has 0 unspecified atom stereocenters. The number of carbonyl (C=O) groups is 1. The topological polar surface area (TPSA) is 118 Å². The molecule has 138 valence electrons. The van der Waals surface area contributed by atoms with Crippen LogP contribution in [0.3, 0.4) is 0 Å². The first-order chi connectivity index (χ1) is 13.0. The molecule has 27 heavy (non-hydrogen) atoms. The van der Waals surface area contributed by atoms with Crippen LogP contribution >= 0.6 is 15.9 Å². The van der Waals surface area contributed by atoms with Crippen LogP contribution in [-0.4, -0.2) is 28.2 Å². The van der Waals surface area contributed by atoms with Crippen molar-refractivity contribution in [1.29, 1.82) is 0 Å². The number of esters is 1. The van der Waals surface area contributed by atoms with E-state index in [2.05, 4.69) is 30.9 Å². The highest BCUT2D eigenvalue weighted by molar-refractivity contribution is 9.10. The van der Waals surface area contributed by atoms with E-state index < -0.39 is 10.9 Å². The van der Waals surface area contributed by atoms with Gasteiger partial charge in [-0.1, -0.05) is 15.9 Å². The fraction of sp³-hybridized carbons (Fsp3) is 0.118. The zero-order chi connectivity index (χ0) is 19.4. The summed E-state index contributed by atoms with van der Waals surface area (Å²) in [6, 6.07) is 10.9. The molecule has 0 atom stereocenters. The Morgan fingerprint density at radius 2 is 1.96 bits per heavy atom. The lowest BCUT2D eigenvalue weighted by Crippen LogP contribution is -2.04. The Hall–Kier alpha value is -3.27. The largest absolute Gasteiger partial charge is 0.477 e. The standard InChI is InChI=1S/C17H12BrN3O6/c1-25-17(22)11-4-7-13(21(23)24)14(8-11)26-9-15-19-20-16(27-15)10-2-5-12(18)6-3-10/h2-8H,9H2,1H3. The van der Waals surface area contributed by atoms with E-state index >= 15 is 0 Å². The first-order valence-corrected chi connectivity index (χ1v) is 8.35. The van der Waals surface area contributed by atoms with Crippen molar-refractivity contribution in [1.82, 2.24) is 10.2 Å². The Balaban J connectivity index is 1.79. The van der Waals surface area contributed by atoms with E-state index in [0.717, 1.165) is 10.0 Å². The lowest BCUT2D eigenvalue weighted by molar-refractivity contribution is -0.386. The molecule has 0 saturated heterocycles. The Morgan fingerprint density at radius 1 is 1.22 bits per heavy atom. The van der Waals surface area contributed by atoms with Gasteiger partial charge in [-0.05, 0) is 30.3 Å². The van der Waals surface area contributed by atoms with Gasteiger partial charge in [0.15, 0.2) is 12.4 Å². The summed E-state index contributed by atoms with van der Waals surface area (Å²) < 4.78 is 16.5. The maximum absolute atomic E-state index is 11.6. The maximum atomic E-state index is 11.6. The minimum Gasteiger partial charge on any atom is -0.477 e. The summed E-state index contributed by atoms with van der Waals surface area (Å²) in [6.07, 6.45) is 0. The maximum Gasteiger partial charge on any atom is 0.337 e. The van der Waals surface area contributed by atoms with Gasteiger partial charge in [0.1, 0.15) is 0 Å². The Kier molecular flexibility index (Phi) is 5.46. The van der Waals surface area contributed by atoms with Gasteiger partial charge in [0, 0.05) is 22.2 Å². The van der Waals surface area contributed by atoms with Crippen LogP contribution in [0.15, 0.2) is 51.4 Å². The van der Waals surface area contributed by atoms with Gasteiger partial charge in [-0.25, -0.2) is 4.79 Å². The second kappa shape index (κ2) is 7.96. The molecule has 0 bridgehead atoms.